The van der Waals surface area contributed by atoms with Crippen LogP contribution < -0.4 is 4.90 Å². The number of benzene rings is 1. The predicted molar refractivity (Wildman–Crippen MR) is 115 cm³/mol. The Bertz CT molecular complexity index is 761. The quantitative estimate of drug-likeness (QED) is 0.693. The smallest absolute Gasteiger partial charge is 0.309 e. The molecule has 2 aliphatic heterocycles. The first-order valence-corrected chi connectivity index (χ1v) is 12.5. The maximum absolute atomic E-state index is 12.8. The van der Waals surface area contributed by atoms with E-state index in [9.17, 15) is 9.59 Å². The van der Waals surface area contributed by atoms with E-state index in [0.29, 0.717) is 22.5 Å². The highest BCUT2D eigenvalue weighted by molar-refractivity contribution is 8.21. The van der Waals surface area contributed by atoms with E-state index in [4.69, 9.17) is 4.74 Å². The zero-order valence-electron chi connectivity index (χ0n) is 16.1. The third kappa shape index (κ3) is 3.17. The fourth-order valence-corrected chi connectivity index (χ4v) is 9.66. The molecular formula is C22H27NO3S2. The van der Waals surface area contributed by atoms with Gasteiger partial charge in [0.25, 0.3) is 5.91 Å². The Morgan fingerprint density at radius 3 is 2.57 bits per heavy atom. The minimum absolute atomic E-state index is 0.0265. The molecule has 2 saturated carbocycles. The van der Waals surface area contributed by atoms with Gasteiger partial charge in [0.1, 0.15) is 0 Å². The van der Waals surface area contributed by atoms with E-state index in [0.717, 1.165) is 24.9 Å². The molecule has 150 valence electrons. The summed E-state index contributed by atoms with van der Waals surface area (Å²) < 4.78 is 5.91. The third-order valence-corrected chi connectivity index (χ3v) is 11.0. The molecule has 1 aromatic carbocycles. The van der Waals surface area contributed by atoms with Crippen LogP contribution in [0.4, 0.5) is 5.69 Å². The second-order valence-corrected chi connectivity index (χ2v) is 11.4. The molecule has 1 spiro atoms. The van der Waals surface area contributed by atoms with E-state index in [1.165, 1.54) is 36.3 Å². The van der Waals surface area contributed by atoms with Gasteiger partial charge in [-0.15, -0.1) is 23.5 Å². The number of rotatable bonds is 3. The minimum atomic E-state index is -0.152. The number of hydrogen-bond acceptors (Lipinski definition) is 5. The third-order valence-electron chi connectivity index (χ3n) is 6.98. The SMILES string of the molecule is O=C(OCC(=O)N1CCc2ccccc21)C1C[C@H]2CCC[C@@H](C1)C21SCCS1. The molecule has 5 rings (SSSR count). The van der Waals surface area contributed by atoms with Gasteiger partial charge in [0.05, 0.1) is 10.00 Å². The van der Waals surface area contributed by atoms with Crippen molar-refractivity contribution in [2.24, 2.45) is 17.8 Å². The molecule has 0 N–H and O–H groups in total. The van der Waals surface area contributed by atoms with E-state index in [2.05, 4.69) is 29.6 Å². The van der Waals surface area contributed by atoms with Crippen molar-refractivity contribution in [2.75, 3.05) is 29.6 Å². The lowest BCUT2D eigenvalue weighted by molar-refractivity contribution is -0.154. The zero-order chi connectivity index (χ0) is 19.1. The average molecular weight is 418 g/mol. The summed E-state index contributed by atoms with van der Waals surface area (Å²) in [6.45, 7) is 0.550. The molecule has 0 aromatic heterocycles. The van der Waals surface area contributed by atoms with Gasteiger partial charge in [0, 0.05) is 23.7 Å². The molecule has 28 heavy (non-hydrogen) atoms. The van der Waals surface area contributed by atoms with Gasteiger partial charge in [0.15, 0.2) is 6.61 Å². The van der Waals surface area contributed by atoms with E-state index in [-0.39, 0.29) is 24.4 Å². The summed E-state index contributed by atoms with van der Waals surface area (Å²) in [4.78, 5) is 27.2. The van der Waals surface area contributed by atoms with Crippen LogP contribution in [0.25, 0.3) is 0 Å². The minimum Gasteiger partial charge on any atom is -0.455 e. The van der Waals surface area contributed by atoms with Crippen LogP contribution in [0.5, 0.6) is 0 Å². The van der Waals surface area contributed by atoms with Gasteiger partial charge < -0.3 is 9.64 Å². The number of thioether (sulfide) groups is 2. The molecule has 3 atom stereocenters. The maximum atomic E-state index is 12.8. The number of carbonyl (C=O) groups is 2. The Balaban J connectivity index is 1.20. The molecular weight excluding hydrogens is 390 g/mol. The van der Waals surface area contributed by atoms with Gasteiger partial charge >= 0.3 is 5.97 Å². The number of esters is 1. The van der Waals surface area contributed by atoms with Gasteiger partial charge in [-0.2, -0.15) is 0 Å². The van der Waals surface area contributed by atoms with Crippen molar-refractivity contribution in [1.82, 2.24) is 0 Å². The fraction of sp³-hybridized carbons (Fsp3) is 0.636. The summed E-state index contributed by atoms with van der Waals surface area (Å²) in [7, 11) is 0. The number of para-hydroxylation sites is 1. The van der Waals surface area contributed by atoms with Gasteiger partial charge in [-0.1, -0.05) is 24.6 Å². The predicted octanol–water partition coefficient (Wildman–Crippen LogP) is 4.12. The van der Waals surface area contributed by atoms with Crippen molar-refractivity contribution in [1.29, 1.82) is 0 Å². The Kier molecular flexibility index (Phi) is 5.12. The van der Waals surface area contributed by atoms with Crippen LogP contribution in [0.3, 0.4) is 0 Å². The molecule has 1 aromatic rings. The van der Waals surface area contributed by atoms with Gasteiger partial charge in [-0.3, -0.25) is 9.59 Å². The summed E-state index contributed by atoms with van der Waals surface area (Å²) >= 11 is 4.30. The van der Waals surface area contributed by atoms with E-state index >= 15 is 0 Å². The molecule has 6 heteroatoms. The van der Waals surface area contributed by atoms with E-state index in [1.54, 1.807) is 4.90 Å². The van der Waals surface area contributed by atoms with Crippen molar-refractivity contribution in [3.05, 3.63) is 29.8 Å². The number of fused-ring (bicyclic) bond motifs is 1. The number of carbonyl (C=O) groups excluding carboxylic acids is 2. The molecule has 2 aliphatic carbocycles. The highest BCUT2D eigenvalue weighted by Gasteiger charge is 2.55. The molecule has 1 amide bonds. The highest BCUT2D eigenvalue weighted by Crippen LogP contribution is 2.64. The molecule has 3 fully saturated rings. The summed E-state index contributed by atoms with van der Waals surface area (Å²) in [6, 6.07) is 7.98. The fourth-order valence-electron chi connectivity index (χ4n) is 5.73. The van der Waals surface area contributed by atoms with E-state index < -0.39 is 0 Å². The van der Waals surface area contributed by atoms with Crippen molar-refractivity contribution in [3.63, 3.8) is 0 Å². The van der Waals surface area contributed by atoms with Crippen LogP contribution in [0, 0.1) is 17.8 Å². The van der Waals surface area contributed by atoms with Crippen LogP contribution in [-0.2, 0) is 20.7 Å². The maximum Gasteiger partial charge on any atom is 0.309 e. The first-order chi connectivity index (χ1) is 13.7. The lowest BCUT2D eigenvalue weighted by Crippen LogP contribution is -2.48. The molecule has 4 nitrogen and oxygen atoms in total. The Hall–Kier alpha value is -1.14. The van der Waals surface area contributed by atoms with Gasteiger partial charge in [0.2, 0.25) is 0 Å². The van der Waals surface area contributed by atoms with Crippen LogP contribution in [-0.4, -0.2) is 40.6 Å². The average Bonchev–Trinajstić information content (AvgIpc) is 3.33. The molecule has 1 saturated heterocycles. The molecule has 2 bridgehead atoms. The molecule has 0 radical (unpaired) electrons. The van der Waals surface area contributed by atoms with Gasteiger partial charge in [-0.25, -0.2) is 0 Å². The Labute approximate surface area is 175 Å². The van der Waals surface area contributed by atoms with E-state index in [1.807, 2.05) is 18.2 Å². The van der Waals surface area contributed by atoms with Crippen molar-refractivity contribution >= 4 is 41.1 Å². The Morgan fingerprint density at radius 1 is 1.11 bits per heavy atom. The van der Waals surface area contributed by atoms with Gasteiger partial charge in [-0.05, 0) is 55.6 Å². The van der Waals surface area contributed by atoms with Crippen molar-refractivity contribution < 1.29 is 14.3 Å². The normalized spacial score (nSPS) is 30.3. The topological polar surface area (TPSA) is 46.6 Å². The summed E-state index contributed by atoms with van der Waals surface area (Å²) in [5.41, 5.74) is 2.16. The molecule has 4 aliphatic rings. The number of ether oxygens (including phenoxy) is 1. The molecule has 2 heterocycles. The number of amides is 1. The van der Waals surface area contributed by atoms with Crippen LogP contribution >= 0.6 is 23.5 Å². The van der Waals surface area contributed by atoms with Crippen LogP contribution in [0.2, 0.25) is 0 Å². The lowest BCUT2D eigenvalue weighted by atomic mass is 9.67. The number of anilines is 1. The first-order valence-electron chi connectivity index (χ1n) is 10.5. The Morgan fingerprint density at radius 2 is 1.82 bits per heavy atom. The van der Waals surface area contributed by atoms with Crippen LogP contribution in [0.15, 0.2) is 24.3 Å². The van der Waals surface area contributed by atoms with Crippen LogP contribution in [0.1, 0.15) is 37.7 Å². The second-order valence-electron chi connectivity index (χ2n) is 8.44. The molecule has 1 unspecified atom stereocenters. The number of hydrogen-bond donors (Lipinski definition) is 0. The summed E-state index contributed by atoms with van der Waals surface area (Å²) in [6.07, 6.45) is 6.53. The summed E-state index contributed by atoms with van der Waals surface area (Å²) in [5.74, 6) is 3.46. The lowest BCUT2D eigenvalue weighted by Gasteiger charge is -2.51. The van der Waals surface area contributed by atoms with Crippen molar-refractivity contribution in [3.8, 4) is 0 Å². The highest BCUT2D eigenvalue weighted by atomic mass is 32.2. The number of nitrogens with zero attached hydrogens (tertiary/aromatic N) is 1. The first kappa shape index (κ1) is 18.9. The monoisotopic (exact) mass is 417 g/mol. The zero-order valence-corrected chi connectivity index (χ0v) is 17.7. The largest absolute Gasteiger partial charge is 0.455 e. The van der Waals surface area contributed by atoms with Crippen molar-refractivity contribution in [2.45, 2.75) is 42.6 Å². The summed E-state index contributed by atoms with van der Waals surface area (Å²) in [5, 5.41) is 0. The second kappa shape index (κ2) is 7.60. The standard InChI is InChI=1S/C22H27NO3S2/c24-20(23-9-8-15-4-1-2-7-19(15)23)14-26-21(25)16-12-17-5-3-6-18(13-16)22(17)27-10-11-28-22/h1-2,4,7,16-18H,3,5-6,8-14H2/t16?,17-,18+.